The highest BCUT2D eigenvalue weighted by Crippen LogP contribution is 2.27. The van der Waals surface area contributed by atoms with Crippen LogP contribution >= 0.6 is 15.9 Å². The van der Waals surface area contributed by atoms with Gasteiger partial charge in [-0.15, -0.1) is 0 Å². The van der Waals surface area contributed by atoms with Crippen molar-refractivity contribution in [1.82, 2.24) is 20.3 Å². The Kier molecular flexibility index (Phi) is 2.85. The van der Waals surface area contributed by atoms with Crippen molar-refractivity contribution in [3.8, 4) is 0 Å². The van der Waals surface area contributed by atoms with Gasteiger partial charge in [-0.2, -0.15) is 5.10 Å². The molecule has 2 N–H and O–H groups in total. The molecule has 0 saturated carbocycles. The van der Waals surface area contributed by atoms with Crippen LogP contribution in [0, 0.1) is 0 Å². The van der Waals surface area contributed by atoms with Gasteiger partial charge < -0.3 is 9.84 Å². The van der Waals surface area contributed by atoms with Gasteiger partial charge in [-0.1, -0.05) is 21.1 Å². The number of nitrogens with one attached hydrogen (secondary N) is 2. The summed E-state index contributed by atoms with van der Waals surface area (Å²) in [5.41, 5.74) is 4.20. The van der Waals surface area contributed by atoms with Gasteiger partial charge in [0.05, 0.1) is 5.52 Å². The molecule has 0 aliphatic rings. The lowest BCUT2D eigenvalue weighted by Crippen LogP contribution is -1.91. The van der Waals surface area contributed by atoms with Gasteiger partial charge >= 0.3 is 0 Å². The van der Waals surface area contributed by atoms with Gasteiger partial charge in [0.25, 0.3) is 0 Å². The molecule has 3 heterocycles. The molecule has 3 aromatic heterocycles. The first-order chi connectivity index (χ1) is 10.3. The zero-order valence-electron chi connectivity index (χ0n) is 10.8. The van der Waals surface area contributed by atoms with Gasteiger partial charge in [0.15, 0.2) is 11.4 Å². The minimum absolute atomic E-state index is 0.667. The number of H-pyrrole nitrogens is 1. The fraction of sp³-hybridized carbons (Fsp3) is 0.0714. The van der Waals surface area contributed by atoms with Gasteiger partial charge in [-0.3, -0.25) is 10.1 Å². The molecule has 0 bridgehead atoms. The van der Waals surface area contributed by atoms with Crippen LogP contribution in [0.25, 0.3) is 22.0 Å². The first-order valence-corrected chi connectivity index (χ1v) is 7.47. The first-order valence-electron chi connectivity index (χ1n) is 6.35. The zero-order valence-corrected chi connectivity index (χ0v) is 12.4. The molecule has 6 nitrogen and oxygen atoms in total. The number of anilines is 2. The van der Waals surface area contributed by atoms with Crippen LogP contribution in [0.2, 0.25) is 0 Å². The van der Waals surface area contributed by atoms with E-state index in [9.17, 15) is 0 Å². The summed E-state index contributed by atoms with van der Waals surface area (Å²) in [6.45, 7) is 0. The van der Waals surface area contributed by atoms with Crippen molar-refractivity contribution in [3.63, 3.8) is 0 Å². The first kappa shape index (κ1) is 12.3. The Morgan fingerprint density at radius 1 is 1.29 bits per heavy atom. The van der Waals surface area contributed by atoms with E-state index in [1.165, 1.54) is 0 Å². The van der Waals surface area contributed by atoms with E-state index >= 15 is 0 Å². The molecule has 21 heavy (non-hydrogen) atoms. The molecule has 0 spiro atoms. The van der Waals surface area contributed by atoms with Crippen LogP contribution in [0.4, 0.5) is 11.5 Å². The van der Waals surface area contributed by atoms with Crippen molar-refractivity contribution in [2.45, 2.75) is 5.33 Å². The van der Waals surface area contributed by atoms with E-state index in [4.69, 9.17) is 4.52 Å². The maximum absolute atomic E-state index is 5.32. The minimum Gasteiger partial charge on any atom is -0.356 e. The van der Waals surface area contributed by atoms with E-state index in [1.807, 2.05) is 30.3 Å². The molecule has 0 fully saturated rings. The number of hydrogen-bond acceptors (Lipinski definition) is 5. The van der Waals surface area contributed by atoms with Crippen LogP contribution in [0.3, 0.4) is 0 Å². The normalized spacial score (nSPS) is 11.3. The Hall–Kier alpha value is -2.41. The average molecular weight is 344 g/mol. The van der Waals surface area contributed by atoms with Crippen molar-refractivity contribution in [2.24, 2.45) is 0 Å². The van der Waals surface area contributed by atoms with Crippen LogP contribution < -0.4 is 5.32 Å². The predicted octanol–water partition coefficient (Wildman–Crippen LogP) is 3.74. The monoisotopic (exact) mass is 343 g/mol. The number of pyridine rings is 1. The zero-order chi connectivity index (χ0) is 14.2. The molecule has 0 radical (unpaired) electrons. The van der Waals surface area contributed by atoms with Crippen molar-refractivity contribution < 1.29 is 4.52 Å². The van der Waals surface area contributed by atoms with Gasteiger partial charge in [-0.05, 0) is 24.3 Å². The van der Waals surface area contributed by atoms with Gasteiger partial charge in [-0.25, -0.2) is 0 Å². The molecule has 0 aliphatic carbocycles. The standard InChI is InChI=1S/C14H10BrN5O/c15-7-11-9-4-3-8(6-12(9)21-20-11)17-14-13-10(18-19-14)2-1-5-16-13/h1-6H,7H2,(H2,17,18,19). The molecule has 104 valence electrons. The summed E-state index contributed by atoms with van der Waals surface area (Å²) in [4.78, 5) is 4.32. The largest absolute Gasteiger partial charge is 0.356 e. The molecular weight excluding hydrogens is 334 g/mol. The van der Waals surface area contributed by atoms with E-state index in [0.717, 1.165) is 33.4 Å². The number of aromatic nitrogens is 4. The topological polar surface area (TPSA) is 79.6 Å². The number of fused-ring (bicyclic) bond motifs is 2. The van der Waals surface area contributed by atoms with Crippen LogP contribution in [-0.4, -0.2) is 20.3 Å². The summed E-state index contributed by atoms with van der Waals surface area (Å²) in [5.74, 6) is 0.685. The van der Waals surface area contributed by atoms with E-state index in [0.29, 0.717) is 11.1 Å². The summed E-state index contributed by atoms with van der Waals surface area (Å²) < 4.78 is 5.32. The fourth-order valence-electron chi connectivity index (χ4n) is 2.24. The lowest BCUT2D eigenvalue weighted by atomic mass is 10.2. The van der Waals surface area contributed by atoms with Crippen LogP contribution in [-0.2, 0) is 5.33 Å². The molecular formula is C14H10BrN5O. The summed E-state index contributed by atoms with van der Waals surface area (Å²) in [6, 6.07) is 9.65. The molecule has 0 unspecified atom stereocenters. The molecule has 0 saturated heterocycles. The Bertz CT molecular complexity index is 929. The van der Waals surface area contributed by atoms with Crippen molar-refractivity contribution in [2.75, 3.05) is 5.32 Å². The lowest BCUT2D eigenvalue weighted by Gasteiger charge is -2.02. The second kappa shape index (κ2) is 4.85. The maximum atomic E-state index is 5.32. The summed E-state index contributed by atoms with van der Waals surface area (Å²) in [5, 5.41) is 16.1. The van der Waals surface area contributed by atoms with Gasteiger partial charge in [0.1, 0.15) is 11.2 Å². The van der Waals surface area contributed by atoms with Crippen molar-refractivity contribution in [1.29, 1.82) is 0 Å². The molecule has 4 rings (SSSR count). The number of hydrogen-bond donors (Lipinski definition) is 2. The molecule has 0 amide bonds. The molecule has 0 atom stereocenters. The lowest BCUT2D eigenvalue weighted by molar-refractivity contribution is 0.450. The smallest absolute Gasteiger partial charge is 0.178 e. The predicted molar refractivity (Wildman–Crippen MR) is 83.8 cm³/mol. The number of nitrogens with zero attached hydrogens (tertiary/aromatic N) is 3. The third-order valence-electron chi connectivity index (χ3n) is 3.26. The van der Waals surface area contributed by atoms with Crippen molar-refractivity contribution in [3.05, 3.63) is 42.2 Å². The number of halogens is 1. The van der Waals surface area contributed by atoms with Crippen LogP contribution in [0.1, 0.15) is 5.69 Å². The van der Waals surface area contributed by atoms with Gasteiger partial charge in [0.2, 0.25) is 0 Å². The molecule has 7 heteroatoms. The van der Waals surface area contributed by atoms with E-state index < -0.39 is 0 Å². The fourth-order valence-corrected chi connectivity index (χ4v) is 2.65. The number of rotatable bonds is 3. The molecule has 0 aliphatic heterocycles. The Labute approximate surface area is 127 Å². The quantitative estimate of drug-likeness (QED) is 0.554. The highest BCUT2D eigenvalue weighted by atomic mass is 79.9. The maximum Gasteiger partial charge on any atom is 0.178 e. The Balaban J connectivity index is 1.73. The summed E-state index contributed by atoms with van der Waals surface area (Å²) in [6.07, 6.45) is 1.74. The second-order valence-corrected chi connectivity index (χ2v) is 5.13. The third kappa shape index (κ3) is 2.06. The Morgan fingerprint density at radius 2 is 2.24 bits per heavy atom. The highest BCUT2D eigenvalue weighted by Gasteiger charge is 2.10. The summed E-state index contributed by atoms with van der Waals surface area (Å²) in [7, 11) is 0. The minimum atomic E-state index is 0.667. The summed E-state index contributed by atoms with van der Waals surface area (Å²) >= 11 is 3.39. The van der Waals surface area contributed by atoms with Gasteiger partial charge in [0, 0.05) is 28.7 Å². The number of alkyl halides is 1. The highest BCUT2D eigenvalue weighted by molar-refractivity contribution is 9.08. The van der Waals surface area contributed by atoms with Crippen LogP contribution in [0.5, 0.6) is 0 Å². The molecule has 4 aromatic rings. The van der Waals surface area contributed by atoms with E-state index in [-0.39, 0.29) is 0 Å². The van der Waals surface area contributed by atoms with E-state index in [2.05, 4.69) is 41.6 Å². The second-order valence-electron chi connectivity index (χ2n) is 4.57. The van der Waals surface area contributed by atoms with Crippen LogP contribution in [0.15, 0.2) is 41.1 Å². The third-order valence-corrected chi connectivity index (χ3v) is 3.79. The van der Waals surface area contributed by atoms with E-state index in [1.54, 1.807) is 6.20 Å². The number of aromatic amines is 1. The Morgan fingerprint density at radius 3 is 3.14 bits per heavy atom. The molecule has 1 aromatic carbocycles. The average Bonchev–Trinajstić information content (AvgIpc) is 3.11. The SMILES string of the molecule is BrCc1noc2cc(Nc3n[nH]c4cccnc34)ccc12. The van der Waals surface area contributed by atoms with Crippen molar-refractivity contribution >= 4 is 49.4 Å². The number of benzene rings is 1.